The van der Waals surface area contributed by atoms with Crippen molar-refractivity contribution in [2.45, 2.75) is 39.7 Å². The van der Waals surface area contributed by atoms with Gasteiger partial charge in [0.05, 0.1) is 31.0 Å². The van der Waals surface area contributed by atoms with Gasteiger partial charge < -0.3 is 9.47 Å². The Morgan fingerprint density at radius 1 is 0.972 bits per heavy atom. The van der Waals surface area contributed by atoms with Crippen molar-refractivity contribution in [3.05, 3.63) is 106 Å². The maximum absolute atomic E-state index is 13.7. The standard InChI is InChI=1S/C30H29N3O3/c1-4-9-28-32-27(5-2)29(36-25-12-8-11-24(18-25)35-3)30(34)33(28)20-21-14-16-22(17-15-21)26-13-7-6-10-23(26)19-31/h6-8,10-18H,4-5,9,20H2,1-3H3. The first-order valence-corrected chi connectivity index (χ1v) is 12.1. The van der Waals surface area contributed by atoms with Crippen LogP contribution in [0.1, 0.15) is 42.9 Å². The molecule has 0 fully saturated rings. The number of aryl methyl sites for hydroxylation is 2. The van der Waals surface area contributed by atoms with Crippen molar-refractivity contribution < 1.29 is 9.47 Å². The molecule has 1 heterocycles. The zero-order valence-corrected chi connectivity index (χ0v) is 20.8. The van der Waals surface area contributed by atoms with E-state index in [-0.39, 0.29) is 11.3 Å². The monoisotopic (exact) mass is 479 g/mol. The molecule has 0 N–H and O–H groups in total. The summed E-state index contributed by atoms with van der Waals surface area (Å²) < 4.78 is 13.1. The Kier molecular flexibility index (Phi) is 7.82. The van der Waals surface area contributed by atoms with Crippen LogP contribution in [0.25, 0.3) is 11.1 Å². The molecule has 0 aliphatic carbocycles. The van der Waals surface area contributed by atoms with Crippen LogP contribution in [0.3, 0.4) is 0 Å². The summed E-state index contributed by atoms with van der Waals surface area (Å²) in [5.74, 6) is 2.17. The van der Waals surface area contributed by atoms with Crippen molar-refractivity contribution >= 4 is 0 Å². The van der Waals surface area contributed by atoms with Gasteiger partial charge in [0.1, 0.15) is 17.3 Å². The maximum atomic E-state index is 13.7. The smallest absolute Gasteiger partial charge is 0.297 e. The van der Waals surface area contributed by atoms with Crippen molar-refractivity contribution in [3.63, 3.8) is 0 Å². The highest BCUT2D eigenvalue weighted by atomic mass is 16.5. The summed E-state index contributed by atoms with van der Waals surface area (Å²) >= 11 is 0. The normalized spacial score (nSPS) is 10.6. The minimum absolute atomic E-state index is 0.202. The van der Waals surface area contributed by atoms with Crippen molar-refractivity contribution in [1.29, 1.82) is 5.26 Å². The molecule has 1 aromatic heterocycles. The molecule has 182 valence electrons. The molecule has 0 aliphatic heterocycles. The zero-order chi connectivity index (χ0) is 25.5. The van der Waals surface area contributed by atoms with E-state index in [1.54, 1.807) is 23.8 Å². The third kappa shape index (κ3) is 5.31. The van der Waals surface area contributed by atoms with Crippen molar-refractivity contribution in [2.75, 3.05) is 7.11 Å². The van der Waals surface area contributed by atoms with Gasteiger partial charge in [0.15, 0.2) is 0 Å². The molecule has 0 spiro atoms. The second-order valence-corrected chi connectivity index (χ2v) is 8.43. The van der Waals surface area contributed by atoms with Gasteiger partial charge in [-0.15, -0.1) is 0 Å². The van der Waals surface area contributed by atoms with Crippen LogP contribution in [-0.4, -0.2) is 16.7 Å². The fraction of sp³-hybridized carbons (Fsp3) is 0.233. The molecule has 0 amide bonds. The van der Waals surface area contributed by atoms with Gasteiger partial charge in [-0.25, -0.2) is 4.98 Å². The van der Waals surface area contributed by atoms with E-state index in [1.165, 1.54) is 0 Å². The molecule has 0 saturated heterocycles. The van der Waals surface area contributed by atoms with E-state index in [4.69, 9.17) is 14.5 Å². The molecule has 6 heteroatoms. The van der Waals surface area contributed by atoms with Gasteiger partial charge in [0.25, 0.3) is 5.56 Å². The summed E-state index contributed by atoms with van der Waals surface area (Å²) in [6.45, 7) is 4.42. The highest BCUT2D eigenvalue weighted by molar-refractivity contribution is 5.70. The predicted molar refractivity (Wildman–Crippen MR) is 141 cm³/mol. The molecule has 0 atom stereocenters. The molecule has 0 radical (unpaired) electrons. The minimum atomic E-state index is -0.202. The number of nitrogens with zero attached hydrogens (tertiary/aromatic N) is 3. The molecule has 36 heavy (non-hydrogen) atoms. The van der Waals surface area contributed by atoms with E-state index in [0.717, 1.165) is 28.9 Å². The van der Waals surface area contributed by atoms with E-state index >= 15 is 0 Å². The van der Waals surface area contributed by atoms with Gasteiger partial charge in [-0.3, -0.25) is 9.36 Å². The fourth-order valence-corrected chi connectivity index (χ4v) is 4.14. The van der Waals surface area contributed by atoms with Gasteiger partial charge in [0, 0.05) is 12.5 Å². The maximum Gasteiger partial charge on any atom is 0.297 e. The van der Waals surface area contributed by atoms with Crippen molar-refractivity contribution in [3.8, 4) is 34.4 Å². The molecule has 0 bridgehead atoms. The van der Waals surface area contributed by atoms with E-state index in [9.17, 15) is 10.1 Å². The van der Waals surface area contributed by atoms with E-state index in [0.29, 0.717) is 42.1 Å². The first-order valence-electron chi connectivity index (χ1n) is 12.1. The van der Waals surface area contributed by atoms with E-state index < -0.39 is 0 Å². The Balaban J connectivity index is 1.71. The number of aromatic nitrogens is 2. The number of rotatable bonds is 9. The lowest BCUT2D eigenvalue weighted by molar-refractivity contribution is 0.406. The summed E-state index contributed by atoms with van der Waals surface area (Å²) in [6, 6.07) is 24.9. The lowest BCUT2D eigenvalue weighted by Crippen LogP contribution is -2.28. The van der Waals surface area contributed by atoms with Gasteiger partial charge in [-0.1, -0.05) is 62.4 Å². The Hall–Kier alpha value is -4.37. The lowest BCUT2D eigenvalue weighted by atomic mass is 9.99. The number of methoxy groups -OCH3 is 1. The third-order valence-corrected chi connectivity index (χ3v) is 6.00. The second kappa shape index (κ2) is 11.4. The van der Waals surface area contributed by atoms with Crippen LogP contribution < -0.4 is 15.0 Å². The number of hydrogen-bond donors (Lipinski definition) is 0. The van der Waals surface area contributed by atoms with Crippen LogP contribution >= 0.6 is 0 Å². The third-order valence-electron chi connectivity index (χ3n) is 6.00. The van der Waals surface area contributed by atoms with Gasteiger partial charge in [-0.2, -0.15) is 5.26 Å². The molecule has 4 aromatic rings. The SMILES string of the molecule is CCCc1nc(CC)c(Oc2cccc(OC)c2)c(=O)n1Cc1ccc(-c2ccccc2C#N)cc1. The molecule has 0 saturated carbocycles. The second-order valence-electron chi connectivity index (χ2n) is 8.43. The number of hydrogen-bond acceptors (Lipinski definition) is 5. The highest BCUT2D eigenvalue weighted by Gasteiger charge is 2.18. The molecular weight excluding hydrogens is 450 g/mol. The van der Waals surface area contributed by atoms with Gasteiger partial charge in [-0.05, 0) is 47.7 Å². The number of ether oxygens (including phenoxy) is 2. The lowest BCUT2D eigenvalue weighted by Gasteiger charge is -2.17. The van der Waals surface area contributed by atoms with Crippen molar-refractivity contribution in [2.24, 2.45) is 0 Å². The summed E-state index contributed by atoms with van der Waals surface area (Å²) in [5.41, 5.74) is 3.88. The van der Waals surface area contributed by atoms with E-state index in [1.807, 2.05) is 67.6 Å². The molecule has 0 aliphatic rings. The molecule has 6 nitrogen and oxygen atoms in total. The molecular formula is C30H29N3O3. The number of benzene rings is 3. The van der Waals surface area contributed by atoms with Gasteiger partial charge in [0.2, 0.25) is 5.75 Å². The van der Waals surface area contributed by atoms with Crippen LogP contribution in [0.4, 0.5) is 0 Å². The van der Waals surface area contributed by atoms with Crippen molar-refractivity contribution in [1.82, 2.24) is 9.55 Å². The largest absolute Gasteiger partial charge is 0.497 e. The highest BCUT2D eigenvalue weighted by Crippen LogP contribution is 2.27. The van der Waals surface area contributed by atoms with Gasteiger partial charge >= 0.3 is 0 Å². The average Bonchev–Trinajstić information content (AvgIpc) is 2.92. The van der Waals surface area contributed by atoms with Crippen LogP contribution in [0.2, 0.25) is 0 Å². The Labute approximate surface area is 211 Å². The summed E-state index contributed by atoms with van der Waals surface area (Å²) in [7, 11) is 1.59. The van der Waals surface area contributed by atoms with Crippen LogP contribution in [0.5, 0.6) is 17.2 Å². The Morgan fingerprint density at radius 3 is 2.42 bits per heavy atom. The molecule has 3 aromatic carbocycles. The summed E-state index contributed by atoms with van der Waals surface area (Å²) in [5, 5.41) is 9.43. The van der Waals surface area contributed by atoms with Crippen LogP contribution in [-0.2, 0) is 19.4 Å². The molecule has 0 unspecified atom stereocenters. The molecule has 4 rings (SSSR count). The quantitative estimate of drug-likeness (QED) is 0.288. The fourth-order valence-electron chi connectivity index (χ4n) is 4.14. The van der Waals surface area contributed by atoms with E-state index in [2.05, 4.69) is 13.0 Å². The summed E-state index contributed by atoms with van der Waals surface area (Å²) in [6.07, 6.45) is 2.14. The Bertz CT molecular complexity index is 1450. The minimum Gasteiger partial charge on any atom is -0.497 e. The topological polar surface area (TPSA) is 77.1 Å². The van der Waals surface area contributed by atoms with Crippen LogP contribution in [0, 0.1) is 11.3 Å². The Morgan fingerprint density at radius 2 is 1.72 bits per heavy atom. The summed E-state index contributed by atoms with van der Waals surface area (Å²) in [4.78, 5) is 18.5. The first-order chi connectivity index (χ1) is 17.6. The number of nitriles is 1. The predicted octanol–water partition coefficient (Wildman–Crippen LogP) is 6.15. The van der Waals surface area contributed by atoms with Crippen LogP contribution in [0.15, 0.2) is 77.6 Å². The average molecular weight is 480 g/mol. The first kappa shape index (κ1) is 24.7. The zero-order valence-electron chi connectivity index (χ0n) is 20.8.